The van der Waals surface area contributed by atoms with Crippen LogP contribution in [0.2, 0.25) is 15.1 Å². The zero-order valence-electron chi connectivity index (χ0n) is 16.7. The first-order valence-corrected chi connectivity index (χ1v) is 12.7. The van der Waals surface area contributed by atoms with Crippen molar-refractivity contribution < 1.29 is 8.42 Å². The molecule has 0 unspecified atom stereocenters. The number of hydrogen-bond acceptors (Lipinski definition) is 3. The summed E-state index contributed by atoms with van der Waals surface area (Å²) >= 11 is 18.9. The lowest BCUT2D eigenvalue weighted by molar-refractivity contribution is 0.425. The largest absolute Gasteiger partial charge is 0.378 e. The van der Waals surface area contributed by atoms with Crippen molar-refractivity contribution in [1.82, 2.24) is 0 Å². The standard InChI is InChI=1S/C24H19Cl3N2O2S/c25-14-7-9-15(10-8-14)29-32(30,31)16-11-12-22-19(13-16)17-3-1-4-18(17)24(28-22)23-20(26)5-2-6-21(23)27/h1-3,5-13,17-18,24,28-29H,4H2/t17-,18+,24-/m0/s1. The monoisotopic (exact) mass is 504 g/mol. The Kier molecular flexibility index (Phi) is 5.62. The Morgan fingerprint density at radius 1 is 0.938 bits per heavy atom. The maximum Gasteiger partial charge on any atom is 0.261 e. The molecule has 0 saturated carbocycles. The first-order chi connectivity index (χ1) is 15.3. The summed E-state index contributed by atoms with van der Waals surface area (Å²) in [7, 11) is -3.75. The van der Waals surface area contributed by atoms with Crippen molar-refractivity contribution in [2.24, 2.45) is 5.92 Å². The SMILES string of the molecule is O=S(=O)(Nc1ccc(Cl)cc1)c1ccc2c(c1)[C@H]1C=CC[C@H]1[C@@H](c1c(Cl)cccc1Cl)N2. The molecular formula is C24H19Cl3N2O2S. The van der Waals surface area contributed by atoms with Crippen LogP contribution in [0.4, 0.5) is 11.4 Å². The number of sulfonamides is 1. The second-order valence-electron chi connectivity index (χ2n) is 7.97. The Hall–Kier alpha value is -2.18. The highest BCUT2D eigenvalue weighted by Crippen LogP contribution is 2.52. The van der Waals surface area contributed by atoms with Crippen LogP contribution in [0.5, 0.6) is 0 Å². The molecule has 0 aromatic heterocycles. The number of benzene rings is 3. The molecule has 0 spiro atoms. The van der Waals surface area contributed by atoms with Crippen molar-refractivity contribution in [3.63, 3.8) is 0 Å². The molecule has 2 aliphatic rings. The zero-order chi connectivity index (χ0) is 22.5. The third-order valence-corrected chi connectivity index (χ3v) is 8.34. The van der Waals surface area contributed by atoms with Gasteiger partial charge < -0.3 is 5.32 Å². The van der Waals surface area contributed by atoms with Crippen LogP contribution in [-0.2, 0) is 10.0 Å². The molecule has 1 aliphatic heterocycles. The fourth-order valence-electron chi connectivity index (χ4n) is 4.57. The molecule has 0 radical (unpaired) electrons. The van der Waals surface area contributed by atoms with Gasteiger partial charge in [-0.05, 0) is 72.5 Å². The van der Waals surface area contributed by atoms with E-state index < -0.39 is 10.0 Å². The first kappa shape index (κ1) is 21.7. The minimum Gasteiger partial charge on any atom is -0.378 e. The number of nitrogens with one attached hydrogen (secondary N) is 2. The van der Waals surface area contributed by atoms with E-state index in [4.69, 9.17) is 34.8 Å². The van der Waals surface area contributed by atoms with E-state index >= 15 is 0 Å². The number of anilines is 2. The smallest absolute Gasteiger partial charge is 0.261 e. The molecule has 164 valence electrons. The average Bonchev–Trinajstić information content (AvgIpc) is 3.25. The summed E-state index contributed by atoms with van der Waals surface area (Å²) < 4.78 is 28.7. The van der Waals surface area contributed by atoms with Gasteiger partial charge >= 0.3 is 0 Å². The topological polar surface area (TPSA) is 58.2 Å². The summed E-state index contributed by atoms with van der Waals surface area (Å²) in [6.07, 6.45) is 5.13. The van der Waals surface area contributed by atoms with Gasteiger partial charge in [-0.15, -0.1) is 0 Å². The Morgan fingerprint density at radius 2 is 1.66 bits per heavy atom. The fraction of sp³-hybridized carbons (Fsp3) is 0.167. The normalized spacial score (nSPS) is 21.5. The van der Waals surface area contributed by atoms with E-state index in [0.29, 0.717) is 20.8 Å². The third-order valence-electron chi connectivity index (χ3n) is 6.05. The van der Waals surface area contributed by atoms with Gasteiger partial charge in [-0.25, -0.2) is 8.42 Å². The second-order valence-corrected chi connectivity index (χ2v) is 10.9. The van der Waals surface area contributed by atoms with Gasteiger partial charge in [0.25, 0.3) is 10.0 Å². The Bertz CT molecular complexity index is 1300. The molecular weight excluding hydrogens is 487 g/mol. The Balaban J connectivity index is 1.51. The van der Waals surface area contributed by atoms with Gasteiger partial charge in [0.15, 0.2) is 0 Å². The number of rotatable bonds is 4. The van der Waals surface area contributed by atoms with Crippen LogP contribution in [0.15, 0.2) is 77.7 Å². The third kappa shape index (κ3) is 3.88. The zero-order valence-corrected chi connectivity index (χ0v) is 19.8. The molecule has 0 amide bonds. The lowest BCUT2D eigenvalue weighted by Gasteiger charge is -2.38. The molecule has 3 aromatic carbocycles. The highest BCUT2D eigenvalue weighted by Gasteiger charge is 2.40. The van der Waals surface area contributed by atoms with Gasteiger partial charge in [-0.2, -0.15) is 0 Å². The number of fused-ring (bicyclic) bond motifs is 3. The van der Waals surface area contributed by atoms with Gasteiger partial charge in [-0.1, -0.05) is 53.0 Å². The van der Waals surface area contributed by atoms with Gasteiger partial charge in [-0.3, -0.25) is 4.72 Å². The van der Waals surface area contributed by atoms with Crippen LogP contribution in [0.3, 0.4) is 0 Å². The Labute approximate surface area is 202 Å². The second kappa shape index (κ2) is 8.31. The van der Waals surface area contributed by atoms with Crippen molar-refractivity contribution in [3.05, 3.63) is 99.0 Å². The molecule has 3 atom stereocenters. The van der Waals surface area contributed by atoms with Crippen LogP contribution in [0.25, 0.3) is 0 Å². The maximum absolute atomic E-state index is 13.0. The van der Waals surface area contributed by atoms with E-state index in [-0.39, 0.29) is 22.8 Å². The van der Waals surface area contributed by atoms with Crippen LogP contribution in [0.1, 0.15) is 29.5 Å². The lowest BCUT2D eigenvalue weighted by Crippen LogP contribution is -2.29. The van der Waals surface area contributed by atoms with E-state index in [1.54, 1.807) is 36.4 Å². The van der Waals surface area contributed by atoms with Crippen molar-refractivity contribution in [1.29, 1.82) is 0 Å². The number of halogens is 3. The molecule has 5 rings (SSSR count). The highest BCUT2D eigenvalue weighted by atomic mass is 35.5. The summed E-state index contributed by atoms with van der Waals surface area (Å²) in [5.74, 6) is 0.247. The molecule has 0 bridgehead atoms. The van der Waals surface area contributed by atoms with Crippen molar-refractivity contribution in [2.75, 3.05) is 10.0 Å². The molecule has 0 saturated heterocycles. The fourth-order valence-corrected chi connectivity index (χ4v) is 6.42. The van der Waals surface area contributed by atoms with Crippen molar-refractivity contribution >= 4 is 56.2 Å². The van der Waals surface area contributed by atoms with Crippen molar-refractivity contribution in [3.8, 4) is 0 Å². The summed E-state index contributed by atoms with van der Waals surface area (Å²) in [5, 5.41) is 5.35. The average molecular weight is 506 g/mol. The lowest BCUT2D eigenvalue weighted by atomic mass is 9.77. The minimum absolute atomic E-state index is 0.0641. The summed E-state index contributed by atoms with van der Waals surface area (Å²) in [6.45, 7) is 0. The first-order valence-electron chi connectivity index (χ1n) is 10.1. The van der Waals surface area contributed by atoms with E-state index in [9.17, 15) is 8.42 Å². The van der Waals surface area contributed by atoms with E-state index in [2.05, 4.69) is 22.2 Å². The van der Waals surface area contributed by atoms with E-state index in [0.717, 1.165) is 23.2 Å². The molecule has 32 heavy (non-hydrogen) atoms. The molecule has 1 heterocycles. The molecule has 4 nitrogen and oxygen atoms in total. The van der Waals surface area contributed by atoms with Crippen LogP contribution in [0, 0.1) is 5.92 Å². The highest BCUT2D eigenvalue weighted by molar-refractivity contribution is 7.92. The van der Waals surface area contributed by atoms with Crippen LogP contribution < -0.4 is 10.0 Å². The molecule has 8 heteroatoms. The summed E-state index contributed by atoms with van der Waals surface area (Å²) in [4.78, 5) is 0.210. The molecule has 2 N–H and O–H groups in total. The van der Waals surface area contributed by atoms with Gasteiger partial charge in [0.2, 0.25) is 0 Å². The molecule has 3 aromatic rings. The van der Waals surface area contributed by atoms with Gasteiger partial charge in [0.1, 0.15) is 0 Å². The van der Waals surface area contributed by atoms with Gasteiger partial charge in [0, 0.05) is 37.9 Å². The predicted molar refractivity (Wildman–Crippen MR) is 132 cm³/mol. The van der Waals surface area contributed by atoms with E-state index in [1.807, 2.05) is 24.3 Å². The Morgan fingerprint density at radius 3 is 2.38 bits per heavy atom. The van der Waals surface area contributed by atoms with Gasteiger partial charge in [0.05, 0.1) is 10.9 Å². The summed E-state index contributed by atoms with van der Waals surface area (Å²) in [6, 6.07) is 17.2. The predicted octanol–water partition coefficient (Wildman–Crippen LogP) is 7.27. The maximum atomic E-state index is 13.0. The molecule has 1 aliphatic carbocycles. The quantitative estimate of drug-likeness (QED) is 0.366. The van der Waals surface area contributed by atoms with Crippen molar-refractivity contribution in [2.45, 2.75) is 23.3 Å². The van der Waals surface area contributed by atoms with Crippen LogP contribution in [-0.4, -0.2) is 8.42 Å². The number of hydrogen-bond donors (Lipinski definition) is 2. The summed E-state index contributed by atoms with van der Waals surface area (Å²) in [5.41, 5.74) is 3.16. The minimum atomic E-state index is -3.75. The van der Waals surface area contributed by atoms with E-state index in [1.165, 1.54) is 0 Å². The van der Waals surface area contributed by atoms with Crippen LogP contribution >= 0.6 is 34.8 Å². The number of allylic oxidation sites excluding steroid dienone is 2. The molecule has 0 fully saturated rings.